The minimum Gasteiger partial charge on any atom is -0.492 e. The summed E-state index contributed by atoms with van der Waals surface area (Å²) >= 11 is 0. The van der Waals surface area contributed by atoms with Gasteiger partial charge in [0.05, 0.1) is 23.3 Å². The highest BCUT2D eigenvalue weighted by molar-refractivity contribution is 6.22. The number of rotatable bonds is 6. The van der Waals surface area contributed by atoms with Gasteiger partial charge in [-0.05, 0) is 82.7 Å². The molecule has 6 bridgehead atoms. The van der Waals surface area contributed by atoms with E-state index in [0.717, 1.165) is 26.1 Å². The Balaban J connectivity index is 1.43. The van der Waals surface area contributed by atoms with E-state index in [9.17, 15) is 14.4 Å². The third kappa shape index (κ3) is 8.06. The van der Waals surface area contributed by atoms with E-state index < -0.39 is 53.1 Å². The number of allylic oxidation sites excluding steroid dienone is 3. The largest absolute Gasteiger partial charge is 0.492 e. The molecule has 1 fully saturated rings. The highest BCUT2D eigenvalue weighted by Gasteiger charge is 2.51. The number of anilines is 1. The first-order valence-electron chi connectivity index (χ1n) is 21.5. The molecule has 5 aliphatic heterocycles. The highest BCUT2D eigenvalue weighted by atomic mass is 16.7. The first-order chi connectivity index (χ1) is 29.7. The minimum absolute atomic E-state index is 0.00731. The molecular weight excluding hydrogens is 795 g/mol. The van der Waals surface area contributed by atoms with Gasteiger partial charge in [0.15, 0.2) is 11.3 Å². The molecule has 1 aliphatic carbocycles. The summed E-state index contributed by atoms with van der Waals surface area (Å²) < 4.78 is 44.5. The van der Waals surface area contributed by atoms with Crippen molar-refractivity contribution in [2.75, 3.05) is 38.7 Å². The van der Waals surface area contributed by atoms with Crippen LogP contribution in [0.2, 0.25) is 0 Å². The monoisotopic (exact) mass is 849 g/mol. The molecule has 1 N–H and O–H groups in total. The van der Waals surface area contributed by atoms with Crippen LogP contribution in [0.3, 0.4) is 0 Å². The Kier molecular flexibility index (Phi) is 11.9. The lowest BCUT2D eigenvalue weighted by Gasteiger charge is -2.36. The van der Waals surface area contributed by atoms with Crippen molar-refractivity contribution in [2.45, 2.75) is 98.2 Å². The number of aromatic nitrogens is 1. The van der Waals surface area contributed by atoms with Gasteiger partial charge in [-0.1, -0.05) is 39.0 Å². The summed E-state index contributed by atoms with van der Waals surface area (Å²) in [6.07, 6.45) is 9.62. The number of hydrogen-bond donors (Lipinski definition) is 1. The maximum absolute atomic E-state index is 15.5. The van der Waals surface area contributed by atoms with Gasteiger partial charge in [0.2, 0.25) is 5.43 Å². The van der Waals surface area contributed by atoms with Gasteiger partial charge >= 0.3 is 11.8 Å². The SMILES string of the molecule is CO[C@H]1/C=C/O[C@@]2(C)Oc3c(C)c4c5c(=O)c(c6oc7cc(OCCN8CCCC8)ccc7nc-6c5c3C2=O)NC(=O)/C(C)=C\C=C\C(C)C[C@@H](C)CC(O4)C(OC(C)=O)[C@@H]1C. The molecule has 2 aromatic rings. The summed E-state index contributed by atoms with van der Waals surface area (Å²) in [5.41, 5.74) is 0.654. The average Bonchev–Trinajstić information content (AvgIpc) is 3.84. The van der Waals surface area contributed by atoms with Crippen LogP contribution in [0.15, 0.2) is 63.6 Å². The van der Waals surface area contributed by atoms with Gasteiger partial charge in [0.25, 0.3) is 11.7 Å². The second-order valence-corrected chi connectivity index (χ2v) is 17.4. The predicted octanol–water partition coefficient (Wildman–Crippen LogP) is 7.90. The summed E-state index contributed by atoms with van der Waals surface area (Å²) in [6.45, 7) is 15.6. The van der Waals surface area contributed by atoms with E-state index >= 15 is 4.79 Å². The smallest absolute Gasteiger partial charge is 0.312 e. The van der Waals surface area contributed by atoms with E-state index in [1.807, 2.05) is 19.1 Å². The van der Waals surface area contributed by atoms with Crippen LogP contribution >= 0.6 is 0 Å². The van der Waals surface area contributed by atoms with Crippen LogP contribution < -0.4 is 25.0 Å². The molecule has 6 aliphatic rings. The molecule has 14 nitrogen and oxygen atoms in total. The molecule has 1 amide bonds. The van der Waals surface area contributed by atoms with Gasteiger partial charge < -0.3 is 38.2 Å². The maximum Gasteiger partial charge on any atom is 0.312 e. The number of carbonyl (C=O) groups excluding carboxylic acids is 3. The number of esters is 1. The average molecular weight is 850 g/mol. The number of carbonyl (C=O) groups is 3. The van der Waals surface area contributed by atoms with Crippen molar-refractivity contribution in [1.82, 2.24) is 9.88 Å². The number of nitrogens with one attached hydrogen (secondary N) is 1. The lowest BCUT2D eigenvalue weighted by Crippen LogP contribution is -2.45. The van der Waals surface area contributed by atoms with Gasteiger partial charge in [-0.2, -0.15) is 0 Å². The molecule has 0 radical (unpaired) electrons. The Morgan fingerprint density at radius 2 is 1.81 bits per heavy atom. The number of hydrogen-bond acceptors (Lipinski definition) is 13. The van der Waals surface area contributed by atoms with Crippen molar-refractivity contribution in [3.63, 3.8) is 0 Å². The van der Waals surface area contributed by atoms with Crippen molar-refractivity contribution in [3.8, 4) is 28.7 Å². The number of methoxy groups -OCH3 is 1. The fourth-order valence-electron chi connectivity index (χ4n) is 9.29. The zero-order valence-electron chi connectivity index (χ0n) is 36.6. The molecule has 62 heavy (non-hydrogen) atoms. The minimum atomic E-state index is -1.88. The van der Waals surface area contributed by atoms with E-state index in [-0.39, 0.29) is 56.8 Å². The van der Waals surface area contributed by atoms with Crippen LogP contribution in [0.1, 0.15) is 83.1 Å². The fraction of sp³-hybridized carbons (Fsp3) is 0.479. The number of benzene rings is 3. The Bertz CT molecular complexity index is 2550. The summed E-state index contributed by atoms with van der Waals surface area (Å²) in [7, 11) is 1.53. The molecular formula is C48H55N3O11. The summed E-state index contributed by atoms with van der Waals surface area (Å²) in [4.78, 5) is 64.7. The van der Waals surface area contributed by atoms with Crippen LogP contribution in [0.4, 0.5) is 5.69 Å². The molecule has 5 heterocycles. The number of ketones is 1. The van der Waals surface area contributed by atoms with Gasteiger partial charge in [0.1, 0.15) is 53.0 Å². The Morgan fingerprint density at radius 1 is 1.03 bits per heavy atom. The third-order valence-electron chi connectivity index (χ3n) is 12.6. The van der Waals surface area contributed by atoms with Crippen LogP contribution in [-0.2, 0) is 23.8 Å². The number of amides is 1. The first kappa shape index (κ1) is 42.9. The van der Waals surface area contributed by atoms with Crippen molar-refractivity contribution in [2.24, 2.45) is 17.8 Å². The number of Topliss-reactive ketones (excluding diaryl/α,β-unsaturated/α-hetero) is 1. The number of nitrogens with zero attached hydrogens (tertiary/aromatic N) is 2. The Morgan fingerprint density at radius 3 is 2.55 bits per heavy atom. The fourth-order valence-corrected chi connectivity index (χ4v) is 9.29. The van der Waals surface area contributed by atoms with Gasteiger partial charge in [-0.3, -0.25) is 24.1 Å². The van der Waals surface area contributed by atoms with Crippen molar-refractivity contribution < 1.29 is 47.2 Å². The van der Waals surface area contributed by atoms with Gasteiger partial charge in [0, 0.05) is 56.0 Å². The normalized spacial score (nSPS) is 28.7. The maximum atomic E-state index is 15.5. The summed E-state index contributed by atoms with van der Waals surface area (Å²) in [6, 6.07) is 5.25. The Labute approximate surface area is 360 Å². The quantitative estimate of drug-likeness (QED) is 0.113. The van der Waals surface area contributed by atoms with Crippen LogP contribution in [0, 0.1) is 24.7 Å². The summed E-state index contributed by atoms with van der Waals surface area (Å²) in [5, 5.41) is 2.93. The van der Waals surface area contributed by atoms with Crippen LogP contribution in [-0.4, -0.2) is 85.0 Å². The molecule has 328 valence electrons. The molecule has 2 aromatic carbocycles. The van der Waals surface area contributed by atoms with E-state index in [1.54, 1.807) is 44.2 Å². The van der Waals surface area contributed by atoms with Gasteiger partial charge in [-0.15, -0.1) is 0 Å². The van der Waals surface area contributed by atoms with Crippen LogP contribution in [0.25, 0.3) is 33.3 Å². The topological polar surface area (TPSA) is 165 Å². The molecule has 8 rings (SSSR count). The summed E-state index contributed by atoms with van der Waals surface area (Å²) in [5.74, 6) is -3.24. The standard InChI is InChI=1S/C48H55N3O11/c1-25-12-11-13-27(3)47(55)50-40-41(53)37-36(39-45(40)60-34-24-31(14-15-32(34)49-39)57-21-19-51-17-9-10-18-51)38-44-29(5)43(37)61-35(23-26(2)22-25)42(59-30(6)52)28(4)33(56-8)16-20-58-48(7,62-44)46(38)54/h11-16,20,24-26,28,33,35,42H,9-10,17-19,21-23H2,1-8H3,(H,50,55)/b12-11+,20-16+,27-13-/t25?,26-,28-,33+,35?,42?,48+/m1/s1. The highest BCUT2D eigenvalue weighted by Crippen LogP contribution is 2.51. The number of fused-ring (bicyclic) bond motifs is 8. The van der Waals surface area contributed by atoms with Crippen molar-refractivity contribution in [1.29, 1.82) is 0 Å². The van der Waals surface area contributed by atoms with Crippen molar-refractivity contribution in [3.05, 3.63) is 75.7 Å². The number of likely N-dealkylation sites (tertiary alicyclic amines) is 1. The van der Waals surface area contributed by atoms with E-state index in [4.69, 9.17) is 37.8 Å². The predicted molar refractivity (Wildman–Crippen MR) is 233 cm³/mol. The zero-order chi connectivity index (χ0) is 44.0. The first-order valence-corrected chi connectivity index (χ1v) is 21.5. The molecule has 0 saturated carbocycles. The molecule has 14 heteroatoms. The second kappa shape index (κ2) is 17.2. The molecule has 7 atom stereocenters. The molecule has 0 spiro atoms. The molecule has 0 aromatic heterocycles. The van der Waals surface area contributed by atoms with E-state index in [1.165, 1.54) is 40.1 Å². The van der Waals surface area contributed by atoms with Crippen LogP contribution in [0.5, 0.6) is 17.2 Å². The van der Waals surface area contributed by atoms with E-state index in [0.29, 0.717) is 41.0 Å². The second-order valence-electron chi connectivity index (χ2n) is 17.4. The number of ether oxygens (including phenoxy) is 6. The van der Waals surface area contributed by atoms with Gasteiger partial charge in [-0.25, -0.2) is 4.98 Å². The lowest BCUT2D eigenvalue weighted by atomic mass is 9.85. The molecule has 1 saturated heterocycles. The lowest BCUT2D eigenvalue weighted by molar-refractivity contribution is -0.159. The van der Waals surface area contributed by atoms with E-state index in [2.05, 4.69) is 24.1 Å². The Hall–Kier alpha value is -5.73. The zero-order valence-corrected chi connectivity index (χ0v) is 36.6. The third-order valence-corrected chi connectivity index (χ3v) is 12.6. The van der Waals surface area contributed by atoms with Crippen molar-refractivity contribution >= 4 is 45.2 Å². The molecule has 3 unspecified atom stereocenters.